The molecule has 11 rings (SSSR count). The Morgan fingerprint density at radius 2 is 0.621 bits per heavy atom. The zero-order valence-corrected chi connectivity index (χ0v) is 37.8. The highest BCUT2D eigenvalue weighted by molar-refractivity contribution is 7.02. The van der Waals surface area contributed by atoms with Gasteiger partial charge in [-0.2, -0.15) is 0 Å². The maximum Gasteiger partial charge on any atom is 0.164 e. The van der Waals surface area contributed by atoms with Crippen LogP contribution in [-0.4, -0.2) is 23.0 Å². The Hall–Kier alpha value is -8.39. The molecule has 0 spiro atoms. The number of para-hydroxylation sites is 6. The van der Waals surface area contributed by atoms with E-state index >= 15 is 0 Å². The van der Waals surface area contributed by atoms with E-state index in [0.29, 0.717) is 17.5 Å². The Morgan fingerprint density at radius 3 is 0.970 bits per heavy atom. The molecular weight excluding hydrogens is 821 g/mol. The second-order valence-corrected chi connectivity index (χ2v) is 21.2. The minimum Gasteiger partial charge on any atom is -0.308 e. The molecule has 0 saturated carbocycles. The van der Waals surface area contributed by atoms with Gasteiger partial charge in [0.05, 0.1) is 17.1 Å². The van der Waals surface area contributed by atoms with Gasteiger partial charge in [-0.15, -0.1) is 0 Å². The second-order valence-electron chi connectivity index (χ2n) is 16.9. The molecule has 0 amide bonds. The maximum atomic E-state index is 5.36. The molecule has 9 aromatic carbocycles. The van der Waals surface area contributed by atoms with E-state index in [2.05, 4.69) is 234 Å². The van der Waals surface area contributed by atoms with E-state index in [1.165, 1.54) is 21.7 Å². The fourth-order valence-electron chi connectivity index (χ4n) is 9.31. The van der Waals surface area contributed by atoms with Crippen molar-refractivity contribution in [2.24, 2.45) is 0 Å². The van der Waals surface area contributed by atoms with Crippen LogP contribution in [0.5, 0.6) is 0 Å². The molecule has 1 aliphatic rings. The SMILES string of the molecule is C[Si]1(C)c2ccccc2N(c2c(N(c3ccccc3)c3ccccc3)cc(-c3nc(-c4ccccc4)nc(-c4ccccc4)n3)cc2N(c2ccccc2)c2ccccc2)c2ccccc21. The summed E-state index contributed by atoms with van der Waals surface area (Å²) in [5.41, 5.74) is 11.9. The quantitative estimate of drug-likeness (QED) is 0.128. The first kappa shape index (κ1) is 40.4. The summed E-state index contributed by atoms with van der Waals surface area (Å²) in [7, 11) is -2.19. The molecule has 1 aliphatic heterocycles. The highest BCUT2D eigenvalue weighted by Gasteiger charge is 2.41. The molecule has 0 atom stereocenters. The molecule has 0 unspecified atom stereocenters. The number of hydrogen-bond donors (Lipinski definition) is 0. The predicted octanol–water partition coefficient (Wildman–Crippen LogP) is 14.4. The summed E-state index contributed by atoms with van der Waals surface area (Å²) in [5, 5.41) is 2.75. The van der Waals surface area contributed by atoms with E-state index in [-0.39, 0.29) is 0 Å². The van der Waals surface area contributed by atoms with E-state index < -0.39 is 8.07 Å². The average Bonchev–Trinajstić information content (AvgIpc) is 3.39. The number of fused-ring (bicyclic) bond motifs is 2. The molecule has 316 valence electrons. The molecule has 7 heteroatoms. The molecule has 0 bridgehead atoms. The molecule has 0 radical (unpaired) electrons. The number of nitrogens with zero attached hydrogens (tertiary/aromatic N) is 6. The summed E-state index contributed by atoms with van der Waals surface area (Å²) in [6.07, 6.45) is 0. The van der Waals surface area contributed by atoms with Gasteiger partial charge in [-0.25, -0.2) is 15.0 Å². The number of aromatic nitrogens is 3. The fourth-order valence-corrected chi connectivity index (χ4v) is 12.3. The van der Waals surface area contributed by atoms with Crippen molar-refractivity contribution >= 4 is 69.6 Å². The summed E-state index contributed by atoms with van der Waals surface area (Å²) in [4.78, 5) is 23.1. The fraction of sp³-hybridized carbons (Fsp3) is 0.0339. The Bertz CT molecular complexity index is 2990. The van der Waals surface area contributed by atoms with Crippen molar-refractivity contribution in [3.05, 3.63) is 243 Å². The lowest BCUT2D eigenvalue weighted by Crippen LogP contribution is -2.58. The van der Waals surface area contributed by atoms with E-state index in [9.17, 15) is 0 Å². The lowest BCUT2D eigenvalue weighted by Gasteiger charge is -2.44. The highest BCUT2D eigenvalue weighted by atomic mass is 28.3. The first-order valence-electron chi connectivity index (χ1n) is 22.4. The van der Waals surface area contributed by atoms with Crippen LogP contribution in [0.25, 0.3) is 34.2 Å². The van der Waals surface area contributed by atoms with Gasteiger partial charge >= 0.3 is 0 Å². The van der Waals surface area contributed by atoms with Crippen molar-refractivity contribution in [3.63, 3.8) is 0 Å². The average molecular weight is 867 g/mol. The van der Waals surface area contributed by atoms with Crippen LogP contribution in [0.3, 0.4) is 0 Å². The van der Waals surface area contributed by atoms with Crippen LogP contribution in [0, 0.1) is 0 Å². The molecule has 0 saturated heterocycles. The minimum absolute atomic E-state index is 0.562. The standard InChI is InChI=1S/C59H46N6Si/c1-66(2)54-39-23-21-37-50(54)65(51-38-22-24-40-55(51)66)56-52(63(46-29-13-5-14-30-46)47-31-15-6-16-32-47)41-45(42-53(56)64(48-33-17-7-18-34-48)49-35-19-8-20-36-49)59-61-57(43-25-9-3-10-26-43)60-58(62-59)44-27-11-4-12-28-44/h3-42H,1-2H3. The van der Waals surface area contributed by atoms with Gasteiger partial charge in [-0.05, 0) is 83.2 Å². The number of hydrogen-bond acceptors (Lipinski definition) is 6. The lowest BCUT2D eigenvalue weighted by atomic mass is 10.0. The molecule has 10 aromatic rings. The van der Waals surface area contributed by atoms with Gasteiger partial charge in [-0.1, -0.05) is 183 Å². The first-order chi connectivity index (χ1) is 32.5. The Kier molecular flexibility index (Phi) is 10.6. The molecule has 0 N–H and O–H groups in total. The van der Waals surface area contributed by atoms with E-state index in [1.807, 2.05) is 36.4 Å². The van der Waals surface area contributed by atoms with Crippen molar-refractivity contribution < 1.29 is 0 Å². The maximum absolute atomic E-state index is 5.36. The van der Waals surface area contributed by atoms with Gasteiger partial charge in [0.1, 0.15) is 8.07 Å². The lowest BCUT2D eigenvalue weighted by molar-refractivity contribution is 1.07. The summed E-state index contributed by atoms with van der Waals surface area (Å²) in [6, 6.07) is 85.7. The molecule has 0 aliphatic carbocycles. The second kappa shape index (κ2) is 17.3. The summed E-state index contributed by atoms with van der Waals surface area (Å²) < 4.78 is 0. The van der Waals surface area contributed by atoms with Crippen molar-refractivity contribution in [2.45, 2.75) is 13.1 Å². The summed E-state index contributed by atoms with van der Waals surface area (Å²) in [5.74, 6) is 1.76. The van der Waals surface area contributed by atoms with Gasteiger partial charge in [0.15, 0.2) is 17.5 Å². The van der Waals surface area contributed by atoms with Gasteiger partial charge < -0.3 is 14.7 Å². The van der Waals surface area contributed by atoms with Crippen molar-refractivity contribution in [3.8, 4) is 34.2 Å². The number of benzene rings is 9. The van der Waals surface area contributed by atoms with Gasteiger partial charge in [-0.3, -0.25) is 0 Å². The minimum atomic E-state index is -2.19. The third-order valence-corrected chi connectivity index (χ3v) is 16.0. The van der Waals surface area contributed by atoms with E-state index in [1.54, 1.807) is 0 Å². The van der Waals surface area contributed by atoms with Gasteiger partial charge in [0.2, 0.25) is 0 Å². The normalized spacial score (nSPS) is 12.5. The molecule has 0 fully saturated rings. The smallest absolute Gasteiger partial charge is 0.164 e. The van der Waals surface area contributed by atoms with Crippen LogP contribution in [0.4, 0.5) is 51.2 Å². The zero-order valence-electron chi connectivity index (χ0n) is 36.8. The van der Waals surface area contributed by atoms with Crippen LogP contribution >= 0.6 is 0 Å². The molecule has 2 heterocycles. The highest BCUT2D eigenvalue weighted by Crippen LogP contribution is 2.55. The molecule has 6 nitrogen and oxygen atoms in total. The third-order valence-electron chi connectivity index (χ3n) is 12.4. The number of anilines is 9. The van der Waals surface area contributed by atoms with E-state index in [4.69, 9.17) is 15.0 Å². The Balaban J connectivity index is 1.33. The molecule has 66 heavy (non-hydrogen) atoms. The molecule has 1 aromatic heterocycles. The molecular formula is C59H46N6Si. The summed E-state index contributed by atoms with van der Waals surface area (Å²) in [6.45, 7) is 4.95. The van der Waals surface area contributed by atoms with Crippen LogP contribution in [0.2, 0.25) is 13.1 Å². The first-order valence-corrected chi connectivity index (χ1v) is 25.4. The Morgan fingerprint density at radius 1 is 0.333 bits per heavy atom. The van der Waals surface area contributed by atoms with E-state index in [0.717, 1.165) is 56.5 Å². The largest absolute Gasteiger partial charge is 0.308 e. The van der Waals surface area contributed by atoms with Crippen molar-refractivity contribution in [2.75, 3.05) is 14.7 Å². The van der Waals surface area contributed by atoms with Gasteiger partial charge in [0.25, 0.3) is 0 Å². The summed E-state index contributed by atoms with van der Waals surface area (Å²) >= 11 is 0. The van der Waals surface area contributed by atoms with Crippen LogP contribution < -0.4 is 25.1 Å². The third kappa shape index (κ3) is 7.41. The zero-order chi connectivity index (χ0) is 44.5. The van der Waals surface area contributed by atoms with Crippen LogP contribution in [0.15, 0.2) is 243 Å². The van der Waals surface area contributed by atoms with Crippen molar-refractivity contribution in [1.82, 2.24) is 15.0 Å². The van der Waals surface area contributed by atoms with Gasteiger partial charge in [0, 0.05) is 50.8 Å². The van der Waals surface area contributed by atoms with Crippen LogP contribution in [-0.2, 0) is 0 Å². The monoisotopic (exact) mass is 866 g/mol. The Labute approximate surface area is 387 Å². The van der Waals surface area contributed by atoms with Crippen LogP contribution in [0.1, 0.15) is 0 Å². The van der Waals surface area contributed by atoms with Crippen molar-refractivity contribution in [1.29, 1.82) is 0 Å². The predicted molar refractivity (Wildman–Crippen MR) is 277 cm³/mol. The topological polar surface area (TPSA) is 48.4 Å². The number of rotatable bonds is 10.